The van der Waals surface area contributed by atoms with Gasteiger partial charge in [-0.3, -0.25) is 9.78 Å². The maximum absolute atomic E-state index is 12.7. The lowest BCUT2D eigenvalue weighted by Gasteiger charge is -2.23. The zero-order chi connectivity index (χ0) is 18.1. The number of benzene rings is 2. The van der Waals surface area contributed by atoms with Gasteiger partial charge in [-0.15, -0.1) is 0 Å². The van der Waals surface area contributed by atoms with Crippen LogP contribution in [-0.2, 0) is 0 Å². The third kappa shape index (κ3) is 2.97. The lowest BCUT2D eigenvalue weighted by molar-refractivity contribution is 0.0677. The molecule has 0 spiro atoms. The number of carbonyl (C=O) groups is 1. The molecule has 1 amide bonds. The number of rotatable bonds is 3. The summed E-state index contributed by atoms with van der Waals surface area (Å²) in [6.07, 6.45) is 1.83. The number of aliphatic hydroxyl groups excluding tert-OH is 1. The van der Waals surface area contributed by atoms with Crippen molar-refractivity contribution < 1.29 is 9.90 Å². The van der Waals surface area contributed by atoms with Gasteiger partial charge in [-0.2, -0.15) is 0 Å². The number of pyridine rings is 1. The number of amides is 1. The number of fused-ring (bicyclic) bond motifs is 1. The molecule has 1 aromatic heterocycles. The Morgan fingerprint density at radius 2 is 1.96 bits per heavy atom. The molecule has 1 aliphatic rings. The molecular weight excluding hydrogens is 324 g/mol. The second-order valence-electron chi connectivity index (χ2n) is 6.88. The standard InChI is InChI=1S/C22H22N2O2/c1-15-13-20(19-6-2-3-7-21(19)23-15)16-8-10-17(11-9-16)22(26)24-12-4-5-18(24)14-25/h2-3,6-11,13,18,25H,4-5,12,14H2,1H3/t18-/m0/s1. The van der Waals surface area contributed by atoms with Crippen LogP contribution in [0.3, 0.4) is 0 Å². The lowest BCUT2D eigenvalue weighted by Crippen LogP contribution is -2.37. The Kier molecular flexibility index (Phi) is 4.43. The summed E-state index contributed by atoms with van der Waals surface area (Å²) >= 11 is 0. The predicted molar refractivity (Wildman–Crippen MR) is 103 cm³/mol. The lowest BCUT2D eigenvalue weighted by atomic mass is 9.99. The summed E-state index contributed by atoms with van der Waals surface area (Å²) in [6.45, 7) is 2.75. The number of carbonyl (C=O) groups excluding carboxylic acids is 1. The van der Waals surface area contributed by atoms with Crippen LogP contribution in [0, 0.1) is 6.92 Å². The Morgan fingerprint density at radius 1 is 1.19 bits per heavy atom. The van der Waals surface area contributed by atoms with E-state index in [1.165, 1.54) is 0 Å². The molecular formula is C22H22N2O2. The summed E-state index contributed by atoms with van der Waals surface area (Å²) in [5.74, 6) is 0.00358. The van der Waals surface area contributed by atoms with Crippen LogP contribution in [0.25, 0.3) is 22.0 Å². The van der Waals surface area contributed by atoms with Gasteiger partial charge in [-0.1, -0.05) is 30.3 Å². The second kappa shape index (κ2) is 6.89. The fourth-order valence-corrected chi connectivity index (χ4v) is 3.80. The normalized spacial score (nSPS) is 17.0. The van der Waals surface area contributed by atoms with E-state index in [-0.39, 0.29) is 18.6 Å². The number of nitrogens with zero attached hydrogens (tertiary/aromatic N) is 2. The molecule has 1 atom stereocenters. The largest absolute Gasteiger partial charge is 0.394 e. The molecule has 1 fully saturated rings. The smallest absolute Gasteiger partial charge is 0.254 e. The van der Waals surface area contributed by atoms with E-state index in [9.17, 15) is 9.90 Å². The summed E-state index contributed by atoms with van der Waals surface area (Å²) in [5.41, 5.74) is 4.82. The number of para-hydroxylation sites is 1. The number of aliphatic hydroxyl groups is 1. The van der Waals surface area contributed by atoms with Crippen molar-refractivity contribution in [3.63, 3.8) is 0 Å². The summed E-state index contributed by atoms with van der Waals surface area (Å²) in [4.78, 5) is 19.1. The molecule has 4 rings (SSSR count). The van der Waals surface area contributed by atoms with Gasteiger partial charge in [0.15, 0.2) is 0 Å². The molecule has 1 N–H and O–H groups in total. The topological polar surface area (TPSA) is 53.4 Å². The first-order valence-electron chi connectivity index (χ1n) is 9.06. The minimum absolute atomic E-state index is 0.00358. The molecule has 4 heteroatoms. The van der Waals surface area contributed by atoms with Crippen LogP contribution in [0.5, 0.6) is 0 Å². The van der Waals surface area contributed by atoms with Crippen LogP contribution in [0.1, 0.15) is 28.9 Å². The highest BCUT2D eigenvalue weighted by Crippen LogP contribution is 2.29. The predicted octanol–water partition coefficient (Wildman–Crippen LogP) is 3.81. The molecule has 4 nitrogen and oxygen atoms in total. The van der Waals surface area contributed by atoms with Crippen LogP contribution >= 0.6 is 0 Å². The monoisotopic (exact) mass is 346 g/mol. The molecule has 132 valence electrons. The molecule has 0 saturated carbocycles. The van der Waals surface area contributed by atoms with Gasteiger partial charge in [-0.25, -0.2) is 0 Å². The van der Waals surface area contributed by atoms with Crippen LogP contribution in [-0.4, -0.2) is 40.1 Å². The highest BCUT2D eigenvalue weighted by Gasteiger charge is 2.28. The quantitative estimate of drug-likeness (QED) is 0.785. The van der Waals surface area contributed by atoms with Crippen molar-refractivity contribution in [2.45, 2.75) is 25.8 Å². The Bertz CT molecular complexity index is 950. The van der Waals surface area contributed by atoms with E-state index in [0.717, 1.165) is 47.1 Å². The van der Waals surface area contributed by atoms with Crippen LogP contribution in [0.4, 0.5) is 0 Å². The number of aryl methyl sites for hydroxylation is 1. The molecule has 0 unspecified atom stereocenters. The molecule has 0 aliphatic carbocycles. The third-order valence-electron chi connectivity index (χ3n) is 5.14. The van der Waals surface area contributed by atoms with Gasteiger partial charge in [0, 0.05) is 23.2 Å². The summed E-state index contributed by atoms with van der Waals surface area (Å²) in [7, 11) is 0. The van der Waals surface area contributed by atoms with Crippen molar-refractivity contribution in [2.24, 2.45) is 0 Å². The highest BCUT2D eigenvalue weighted by atomic mass is 16.3. The van der Waals surface area contributed by atoms with Gasteiger partial charge in [0.05, 0.1) is 18.2 Å². The molecule has 1 saturated heterocycles. The molecule has 0 bridgehead atoms. The highest BCUT2D eigenvalue weighted by molar-refractivity contribution is 5.97. The van der Waals surface area contributed by atoms with Crippen molar-refractivity contribution >= 4 is 16.8 Å². The zero-order valence-electron chi connectivity index (χ0n) is 14.9. The van der Waals surface area contributed by atoms with Crippen LogP contribution < -0.4 is 0 Å². The summed E-state index contributed by atoms with van der Waals surface area (Å²) in [5, 5.41) is 10.6. The fourth-order valence-electron chi connectivity index (χ4n) is 3.80. The zero-order valence-corrected chi connectivity index (χ0v) is 14.9. The first-order valence-corrected chi connectivity index (χ1v) is 9.06. The van der Waals surface area contributed by atoms with E-state index in [2.05, 4.69) is 17.1 Å². The number of aromatic nitrogens is 1. The van der Waals surface area contributed by atoms with Gasteiger partial charge < -0.3 is 10.0 Å². The Labute approximate surface area is 153 Å². The third-order valence-corrected chi connectivity index (χ3v) is 5.14. The van der Waals surface area contributed by atoms with E-state index in [1.807, 2.05) is 49.4 Å². The van der Waals surface area contributed by atoms with Crippen molar-refractivity contribution in [2.75, 3.05) is 13.2 Å². The molecule has 2 aromatic carbocycles. The Hall–Kier alpha value is -2.72. The second-order valence-corrected chi connectivity index (χ2v) is 6.88. The van der Waals surface area contributed by atoms with E-state index >= 15 is 0 Å². The molecule has 2 heterocycles. The van der Waals surface area contributed by atoms with E-state index < -0.39 is 0 Å². The first kappa shape index (κ1) is 16.7. The number of hydrogen-bond donors (Lipinski definition) is 1. The first-order chi connectivity index (χ1) is 12.7. The average molecular weight is 346 g/mol. The van der Waals surface area contributed by atoms with Gasteiger partial charge >= 0.3 is 0 Å². The molecule has 3 aromatic rings. The van der Waals surface area contributed by atoms with Crippen LogP contribution in [0.15, 0.2) is 54.6 Å². The van der Waals surface area contributed by atoms with E-state index in [1.54, 1.807) is 4.90 Å². The minimum atomic E-state index is -0.0473. The summed E-state index contributed by atoms with van der Waals surface area (Å²) in [6, 6.07) is 17.9. The maximum atomic E-state index is 12.7. The minimum Gasteiger partial charge on any atom is -0.394 e. The van der Waals surface area contributed by atoms with Crippen molar-refractivity contribution in [3.8, 4) is 11.1 Å². The molecule has 26 heavy (non-hydrogen) atoms. The molecule has 1 aliphatic heterocycles. The fraction of sp³-hybridized carbons (Fsp3) is 0.273. The van der Waals surface area contributed by atoms with E-state index in [4.69, 9.17) is 0 Å². The van der Waals surface area contributed by atoms with Gasteiger partial charge in [0.2, 0.25) is 0 Å². The maximum Gasteiger partial charge on any atom is 0.254 e. The van der Waals surface area contributed by atoms with Gasteiger partial charge in [0.1, 0.15) is 0 Å². The van der Waals surface area contributed by atoms with E-state index in [0.29, 0.717) is 5.56 Å². The Morgan fingerprint density at radius 3 is 2.73 bits per heavy atom. The number of hydrogen-bond acceptors (Lipinski definition) is 3. The average Bonchev–Trinajstić information content (AvgIpc) is 3.15. The van der Waals surface area contributed by atoms with Crippen molar-refractivity contribution in [1.82, 2.24) is 9.88 Å². The summed E-state index contributed by atoms with van der Waals surface area (Å²) < 4.78 is 0. The van der Waals surface area contributed by atoms with Crippen molar-refractivity contribution in [3.05, 3.63) is 65.9 Å². The van der Waals surface area contributed by atoms with Gasteiger partial charge in [-0.05, 0) is 55.2 Å². The number of likely N-dealkylation sites (tertiary alicyclic amines) is 1. The van der Waals surface area contributed by atoms with Crippen molar-refractivity contribution in [1.29, 1.82) is 0 Å². The molecule has 0 radical (unpaired) electrons. The van der Waals surface area contributed by atoms with Crippen LogP contribution in [0.2, 0.25) is 0 Å². The van der Waals surface area contributed by atoms with Gasteiger partial charge in [0.25, 0.3) is 5.91 Å². The SMILES string of the molecule is Cc1cc(-c2ccc(C(=O)N3CCC[C@H]3CO)cc2)c2ccccc2n1. The Balaban J connectivity index is 1.68.